The van der Waals surface area contributed by atoms with Gasteiger partial charge in [0.05, 0.1) is 13.2 Å². The standard InChI is InChI=1S/C33H45N3O5/c1-5-7-8-14-22-29-30(37)35(25-27-18-11-9-12-19-27)32(39)36(34-29)23-15-10-13-17-26-20-16-21-28(24-26)41-33(3,4)31(38)40-6-2/h9,11-12,16,18-21,24H,5-8,10,13-15,17,22-23,25H2,1-4H3. The molecule has 1 heterocycles. The molecule has 0 spiro atoms. The first-order valence-corrected chi connectivity index (χ1v) is 14.9. The number of nitrogens with zero attached hydrogens (tertiary/aromatic N) is 3. The average Bonchev–Trinajstić information content (AvgIpc) is 2.95. The molecule has 2 aromatic carbocycles. The monoisotopic (exact) mass is 563 g/mol. The summed E-state index contributed by atoms with van der Waals surface area (Å²) in [6.07, 6.45) is 8.20. The van der Waals surface area contributed by atoms with Crippen molar-refractivity contribution in [3.8, 4) is 5.75 Å². The second-order valence-electron chi connectivity index (χ2n) is 10.9. The number of hydrogen-bond acceptors (Lipinski definition) is 6. The van der Waals surface area contributed by atoms with E-state index in [1.807, 2.05) is 54.6 Å². The summed E-state index contributed by atoms with van der Waals surface area (Å²) in [4.78, 5) is 38.6. The van der Waals surface area contributed by atoms with Gasteiger partial charge in [0.25, 0.3) is 5.56 Å². The Kier molecular flexibility index (Phi) is 12.4. The Morgan fingerprint density at radius 2 is 1.56 bits per heavy atom. The molecular weight excluding hydrogens is 518 g/mol. The Hall–Kier alpha value is -3.68. The fourth-order valence-corrected chi connectivity index (χ4v) is 4.71. The predicted octanol–water partition coefficient (Wildman–Crippen LogP) is 5.71. The number of ether oxygens (including phenoxy) is 2. The van der Waals surface area contributed by atoms with Crippen LogP contribution in [0.1, 0.15) is 89.5 Å². The van der Waals surface area contributed by atoms with Crippen molar-refractivity contribution in [2.24, 2.45) is 0 Å². The molecule has 0 radical (unpaired) electrons. The van der Waals surface area contributed by atoms with E-state index in [9.17, 15) is 14.4 Å². The zero-order chi connectivity index (χ0) is 29.7. The minimum absolute atomic E-state index is 0.244. The highest BCUT2D eigenvalue weighted by Gasteiger charge is 2.31. The van der Waals surface area contributed by atoms with Crippen LogP contribution >= 0.6 is 0 Å². The highest BCUT2D eigenvalue weighted by atomic mass is 16.6. The predicted molar refractivity (Wildman–Crippen MR) is 161 cm³/mol. The van der Waals surface area contributed by atoms with Crippen LogP contribution in [-0.4, -0.2) is 32.5 Å². The third kappa shape index (κ3) is 9.73. The minimum Gasteiger partial charge on any atom is -0.476 e. The van der Waals surface area contributed by atoms with Crippen molar-refractivity contribution in [2.75, 3.05) is 6.61 Å². The average molecular weight is 564 g/mol. The molecule has 0 aliphatic rings. The first-order valence-electron chi connectivity index (χ1n) is 14.9. The molecule has 8 heteroatoms. The Bertz CT molecular complexity index is 1360. The van der Waals surface area contributed by atoms with E-state index in [-0.39, 0.29) is 17.8 Å². The van der Waals surface area contributed by atoms with E-state index in [1.54, 1.807) is 20.8 Å². The van der Waals surface area contributed by atoms with Crippen molar-refractivity contribution in [2.45, 2.75) is 104 Å². The first kappa shape index (κ1) is 31.8. The van der Waals surface area contributed by atoms with Crippen LogP contribution in [-0.2, 0) is 35.5 Å². The lowest BCUT2D eigenvalue weighted by Gasteiger charge is -2.24. The number of unbranched alkanes of at least 4 members (excludes halogenated alkanes) is 5. The van der Waals surface area contributed by atoms with Gasteiger partial charge in [0.1, 0.15) is 11.4 Å². The van der Waals surface area contributed by atoms with Crippen molar-refractivity contribution in [1.82, 2.24) is 14.3 Å². The first-order chi connectivity index (χ1) is 19.7. The van der Waals surface area contributed by atoms with Gasteiger partial charge in [-0.15, -0.1) is 0 Å². The molecule has 222 valence electrons. The summed E-state index contributed by atoms with van der Waals surface area (Å²) in [5.74, 6) is 0.233. The molecule has 0 N–H and O–H groups in total. The van der Waals surface area contributed by atoms with E-state index < -0.39 is 11.6 Å². The topological polar surface area (TPSA) is 92.4 Å². The molecule has 0 saturated carbocycles. The number of esters is 1. The Morgan fingerprint density at radius 3 is 2.29 bits per heavy atom. The molecule has 41 heavy (non-hydrogen) atoms. The maximum absolute atomic E-state index is 13.3. The molecule has 0 unspecified atom stereocenters. The maximum Gasteiger partial charge on any atom is 0.349 e. The second-order valence-corrected chi connectivity index (χ2v) is 10.9. The summed E-state index contributed by atoms with van der Waals surface area (Å²) in [7, 11) is 0. The Morgan fingerprint density at radius 1 is 0.854 bits per heavy atom. The van der Waals surface area contributed by atoms with Gasteiger partial charge in [0.2, 0.25) is 0 Å². The van der Waals surface area contributed by atoms with Crippen LogP contribution in [0, 0.1) is 0 Å². The van der Waals surface area contributed by atoms with Crippen LogP contribution in [0.4, 0.5) is 0 Å². The summed E-state index contributed by atoms with van der Waals surface area (Å²) in [5.41, 5.74) is 0.798. The van der Waals surface area contributed by atoms with Crippen molar-refractivity contribution < 1.29 is 14.3 Å². The molecule has 0 atom stereocenters. The number of aromatic nitrogens is 3. The van der Waals surface area contributed by atoms with Crippen LogP contribution in [0.5, 0.6) is 5.75 Å². The Balaban J connectivity index is 1.62. The molecule has 0 aliphatic carbocycles. The lowest BCUT2D eigenvalue weighted by molar-refractivity contribution is -0.158. The third-order valence-corrected chi connectivity index (χ3v) is 7.01. The maximum atomic E-state index is 13.3. The molecule has 0 bridgehead atoms. The second kappa shape index (κ2) is 15.9. The lowest BCUT2D eigenvalue weighted by Crippen LogP contribution is -2.43. The summed E-state index contributed by atoms with van der Waals surface area (Å²) in [5, 5.41) is 4.52. The van der Waals surface area contributed by atoms with Crippen LogP contribution in [0.15, 0.2) is 64.2 Å². The van der Waals surface area contributed by atoms with E-state index in [4.69, 9.17) is 9.47 Å². The van der Waals surface area contributed by atoms with E-state index in [1.165, 1.54) is 9.25 Å². The molecule has 8 nitrogen and oxygen atoms in total. The van der Waals surface area contributed by atoms with Gasteiger partial charge in [-0.05, 0) is 76.1 Å². The molecule has 3 rings (SSSR count). The number of hydrogen-bond donors (Lipinski definition) is 0. The normalized spacial score (nSPS) is 11.4. The summed E-state index contributed by atoms with van der Waals surface area (Å²) in [6.45, 7) is 8.35. The molecular formula is C33H45N3O5. The van der Waals surface area contributed by atoms with Gasteiger partial charge in [0, 0.05) is 6.54 Å². The van der Waals surface area contributed by atoms with Gasteiger partial charge in [0.15, 0.2) is 5.60 Å². The van der Waals surface area contributed by atoms with Crippen LogP contribution in [0.2, 0.25) is 0 Å². The van der Waals surface area contributed by atoms with E-state index >= 15 is 0 Å². The van der Waals surface area contributed by atoms with Gasteiger partial charge in [-0.2, -0.15) is 5.10 Å². The molecule has 3 aromatic rings. The molecule has 0 fully saturated rings. The highest BCUT2D eigenvalue weighted by Crippen LogP contribution is 2.22. The molecule has 0 aliphatic heterocycles. The van der Waals surface area contributed by atoms with Gasteiger partial charge >= 0.3 is 11.7 Å². The SMILES string of the molecule is CCCCCCc1nn(CCCCCc2cccc(OC(C)(C)C(=O)OCC)c2)c(=O)n(Cc2ccccc2)c1=O. The third-order valence-electron chi connectivity index (χ3n) is 7.01. The number of benzene rings is 2. The van der Waals surface area contributed by atoms with E-state index in [0.717, 1.165) is 62.5 Å². The minimum atomic E-state index is -1.07. The van der Waals surface area contributed by atoms with E-state index in [2.05, 4.69) is 12.0 Å². The lowest BCUT2D eigenvalue weighted by atomic mass is 10.1. The van der Waals surface area contributed by atoms with Crippen molar-refractivity contribution in [3.05, 3.63) is 92.3 Å². The van der Waals surface area contributed by atoms with Crippen LogP contribution < -0.4 is 16.0 Å². The molecule has 1 aromatic heterocycles. The summed E-state index contributed by atoms with van der Waals surface area (Å²) < 4.78 is 13.8. The number of carbonyl (C=O) groups is 1. The quantitative estimate of drug-likeness (QED) is 0.154. The van der Waals surface area contributed by atoms with Crippen LogP contribution in [0.3, 0.4) is 0 Å². The number of rotatable bonds is 17. The largest absolute Gasteiger partial charge is 0.476 e. The fraction of sp³-hybridized carbons (Fsp3) is 0.515. The summed E-state index contributed by atoms with van der Waals surface area (Å²) in [6, 6.07) is 17.4. The van der Waals surface area contributed by atoms with Gasteiger partial charge in [-0.3, -0.25) is 9.36 Å². The zero-order valence-corrected chi connectivity index (χ0v) is 25.1. The van der Waals surface area contributed by atoms with Gasteiger partial charge in [-0.1, -0.05) is 75.1 Å². The molecule has 0 saturated heterocycles. The van der Waals surface area contributed by atoms with E-state index in [0.29, 0.717) is 31.0 Å². The summed E-state index contributed by atoms with van der Waals surface area (Å²) >= 11 is 0. The van der Waals surface area contributed by atoms with Crippen molar-refractivity contribution >= 4 is 5.97 Å². The zero-order valence-electron chi connectivity index (χ0n) is 25.1. The smallest absolute Gasteiger partial charge is 0.349 e. The van der Waals surface area contributed by atoms with Crippen LogP contribution in [0.25, 0.3) is 0 Å². The molecule has 0 amide bonds. The van der Waals surface area contributed by atoms with Gasteiger partial charge < -0.3 is 9.47 Å². The van der Waals surface area contributed by atoms with Gasteiger partial charge in [-0.25, -0.2) is 14.3 Å². The number of carbonyl (C=O) groups excluding carboxylic acids is 1. The highest BCUT2D eigenvalue weighted by molar-refractivity contribution is 5.79. The van der Waals surface area contributed by atoms with Crippen molar-refractivity contribution in [1.29, 1.82) is 0 Å². The fourth-order valence-electron chi connectivity index (χ4n) is 4.71. The Labute approximate surface area is 243 Å². The number of aryl methyl sites for hydroxylation is 3. The van der Waals surface area contributed by atoms with Crippen molar-refractivity contribution in [3.63, 3.8) is 0 Å².